The van der Waals surface area contributed by atoms with Crippen molar-refractivity contribution in [3.63, 3.8) is 0 Å². The Labute approximate surface area is 247 Å². The van der Waals surface area contributed by atoms with Crippen LogP contribution in [0.5, 0.6) is 11.5 Å². The molecule has 2 amide bonds. The lowest BCUT2D eigenvalue weighted by Crippen LogP contribution is -2.56. The highest BCUT2D eigenvalue weighted by Crippen LogP contribution is 2.70. The molecule has 0 spiro atoms. The zero-order valence-corrected chi connectivity index (χ0v) is 24.2. The molecule has 4 aliphatic rings. The number of ether oxygens (including phenoxy) is 1. The van der Waals surface area contributed by atoms with E-state index < -0.39 is 20.5 Å². The van der Waals surface area contributed by atoms with Crippen molar-refractivity contribution in [3.05, 3.63) is 138 Å². The normalized spacial score (nSPS) is 26.0. The standard InChI is InChI=1S/C34H21Br2NO3/c35-33-25-9-3-4-10-26(25)34(36,28-12-6-5-11-27(28)33)30-29(33)31(38)37(32(30)39)22-14-17-23(18-15-22)40-24-16-13-20-7-1-2-8-21(20)19-24/h1-19,29-30H. The van der Waals surface area contributed by atoms with Crippen molar-refractivity contribution < 1.29 is 14.3 Å². The molecule has 5 aromatic rings. The van der Waals surface area contributed by atoms with Gasteiger partial charge in [-0.3, -0.25) is 9.59 Å². The van der Waals surface area contributed by atoms with E-state index in [-0.39, 0.29) is 11.8 Å². The summed E-state index contributed by atoms with van der Waals surface area (Å²) in [5.41, 5.74) is 4.63. The van der Waals surface area contributed by atoms with Crippen LogP contribution >= 0.6 is 31.9 Å². The zero-order valence-electron chi connectivity index (χ0n) is 21.1. The Morgan fingerprint density at radius 3 is 1.52 bits per heavy atom. The van der Waals surface area contributed by atoms with Crippen LogP contribution in [0.3, 0.4) is 0 Å². The molecule has 0 aromatic heterocycles. The summed E-state index contributed by atoms with van der Waals surface area (Å²) in [6.07, 6.45) is 0. The molecule has 1 fully saturated rings. The van der Waals surface area contributed by atoms with E-state index in [2.05, 4.69) is 62.2 Å². The summed E-state index contributed by atoms with van der Waals surface area (Å²) < 4.78 is 4.50. The lowest BCUT2D eigenvalue weighted by molar-refractivity contribution is -0.122. The van der Waals surface area contributed by atoms with E-state index in [1.807, 2.05) is 60.7 Å². The van der Waals surface area contributed by atoms with Gasteiger partial charge in [-0.15, -0.1) is 0 Å². The van der Waals surface area contributed by atoms with Gasteiger partial charge in [0.25, 0.3) is 0 Å². The fourth-order valence-electron chi connectivity index (χ4n) is 6.95. The Morgan fingerprint density at radius 2 is 1.00 bits per heavy atom. The molecule has 194 valence electrons. The van der Waals surface area contributed by atoms with Crippen LogP contribution in [0.25, 0.3) is 10.8 Å². The van der Waals surface area contributed by atoms with E-state index in [1.54, 1.807) is 24.3 Å². The quantitative estimate of drug-likeness (QED) is 0.147. The zero-order chi connectivity index (χ0) is 27.2. The molecule has 2 bridgehead atoms. The van der Waals surface area contributed by atoms with Gasteiger partial charge in [-0.25, -0.2) is 4.90 Å². The molecule has 0 radical (unpaired) electrons. The van der Waals surface area contributed by atoms with Gasteiger partial charge in [0.05, 0.1) is 26.2 Å². The van der Waals surface area contributed by atoms with Crippen molar-refractivity contribution >= 4 is 60.1 Å². The number of rotatable bonds is 3. The Bertz CT molecular complexity index is 1760. The van der Waals surface area contributed by atoms with E-state index in [1.165, 1.54) is 4.90 Å². The van der Waals surface area contributed by atoms with Gasteiger partial charge >= 0.3 is 0 Å². The molecule has 4 nitrogen and oxygen atoms in total. The summed E-state index contributed by atoms with van der Waals surface area (Å²) in [4.78, 5) is 29.8. The van der Waals surface area contributed by atoms with Gasteiger partial charge in [0.15, 0.2) is 0 Å². The van der Waals surface area contributed by atoms with E-state index in [9.17, 15) is 9.59 Å². The summed E-state index contributed by atoms with van der Waals surface area (Å²) >= 11 is 8.11. The fourth-order valence-corrected chi connectivity index (χ4v) is 9.26. The van der Waals surface area contributed by atoms with Gasteiger partial charge in [-0.05, 0) is 69.4 Å². The van der Waals surface area contributed by atoms with Crippen molar-refractivity contribution in [3.8, 4) is 11.5 Å². The summed E-state index contributed by atoms with van der Waals surface area (Å²) in [5, 5.41) is 2.24. The first-order valence-electron chi connectivity index (χ1n) is 13.1. The minimum atomic E-state index is -0.805. The fraction of sp³-hybridized carbons (Fsp3) is 0.118. The Morgan fingerprint density at radius 1 is 0.550 bits per heavy atom. The van der Waals surface area contributed by atoms with Crippen molar-refractivity contribution in [2.24, 2.45) is 11.8 Å². The van der Waals surface area contributed by atoms with Gasteiger partial charge in [-0.2, -0.15) is 0 Å². The van der Waals surface area contributed by atoms with Crippen molar-refractivity contribution in [2.45, 2.75) is 8.65 Å². The SMILES string of the molecule is O=C1C2C(C(=O)N1c1ccc(Oc3ccc4ccccc4c3)cc1)C1(Br)c3ccccc3C2(Br)c2ccccc21. The molecule has 1 heterocycles. The number of amides is 2. The molecule has 2 atom stereocenters. The highest BCUT2D eigenvalue weighted by atomic mass is 79.9. The lowest BCUT2D eigenvalue weighted by Gasteiger charge is -2.55. The summed E-state index contributed by atoms with van der Waals surface area (Å²) in [6, 6.07) is 37.5. The molecule has 1 saturated heterocycles. The average molecular weight is 651 g/mol. The minimum Gasteiger partial charge on any atom is -0.457 e. The maximum Gasteiger partial charge on any atom is 0.239 e. The number of benzene rings is 5. The van der Waals surface area contributed by atoms with Gasteiger partial charge in [0.2, 0.25) is 11.8 Å². The van der Waals surface area contributed by atoms with Gasteiger partial charge in [-0.1, -0.05) is 111 Å². The highest BCUT2D eigenvalue weighted by molar-refractivity contribution is 9.10. The Kier molecular flexibility index (Phi) is 5.05. The maximum atomic E-state index is 14.2. The number of anilines is 1. The molecule has 9 rings (SSSR count). The number of carbonyl (C=O) groups is 2. The largest absolute Gasteiger partial charge is 0.457 e. The maximum absolute atomic E-state index is 14.2. The van der Waals surface area contributed by atoms with Crippen molar-refractivity contribution in [2.75, 3.05) is 4.90 Å². The van der Waals surface area contributed by atoms with Crippen LogP contribution in [0.2, 0.25) is 0 Å². The molecular formula is C34H21Br2NO3. The van der Waals surface area contributed by atoms with Crippen molar-refractivity contribution in [1.29, 1.82) is 0 Å². The van der Waals surface area contributed by atoms with E-state index in [0.29, 0.717) is 11.4 Å². The molecule has 0 saturated carbocycles. The first-order valence-corrected chi connectivity index (χ1v) is 14.7. The summed E-state index contributed by atoms with van der Waals surface area (Å²) in [5.74, 6) is -0.258. The molecular weight excluding hydrogens is 630 g/mol. The average Bonchev–Trinajstić information content (AvgIpc) is 3.27. The third kappa shape index (κ3) is 3.01. The van der Waals surface area contributed by atoms with E-state index >= 15 is 0 Å². The number of nitrogens with zero attached hydrogens (tertiary/aromatic N) is 1. The number of imide groups is 1. The Balaban J connectivity index is 1.18. The topological polar surface area (TPSA) is 46.6 Å². The minimum absolute atomic E-state index is 0.206. The molecule has 40 heavy (non-hydrogen) atoms. The predicted octanol–water partition coefficient (Wildman–Crippen LogP) is 8.04. The molecule has 0 N–H and O–H groups in total. The lowest BCUT2D eigenvalue weighted by atomic mass is 9.54. The first kappa shape index (κ1) is 24.1. The van der Waals surface area contributed by atoms with Crippen LogP contribution < -0.4 is 9.64 Å². The molecule has 6 heteroatoms. The monoisotopic (exact) mass is 649 g/mol. The third-order valence-corrected chi connectivity index (χ3v) is 11.3. The number of halogens is 2. The van der Waals surface area contributed by atoms with Crippen LogP contribution in [0.4, 0.5) is 5.69 Å². The van der Waals surface area contributed by atoms with Crippen LogP contribution in [0.15, 0.2) is 115 Å². The van der Waals surface area contributed by atoms with E-state index in [0.717, 1.165) is 38.8 Å². The number of carbonyl (C=O) groups excluding carboxylic acids is 2. The second-order valence-electron chi connectivity index (χ2n) is 10.6. The van der Waals surface area contributed by atoms with Crippen LogP contribution in [0.1, 0.15) is 22.3 Å². The summed E-state index contributed by atoms with van der Waals surface area (Å²) in [6.45, 7) is 0. The van der Waals surface area contributed by atoms with Crippen LogP contribution in [-0.2, 0) is 18.2 Å². The number of hydrogen-bond donors (Lipinski definition) is 0. The molecule has 5 aromatic carbocycles. The Hall–Kier alpha value is -3.74. The smallest absolute Gasteiger partial charge is 0.239 e. The molecule has 2 unspecified atom stereocenters. The predicted molar refractivity (Wildman–Crippen MR) is 162 cm³/mol. The second-order valence-corrected chi connectivity index (χ2v) is 13.1. The number of alkyl halides is 2. The number of fused-ring (bicyclic) bond motifs is 1. The first-order chi connectivity index (χ1) is 19.4. The van der Waals surface area contributed by atoms with Gasteiger partial charge < -0.3 is 4.74 Å². The van der Waals surface area contributed by atoms with Crippen molar-refractivity contribution in [1.82, 2.24) is 0 Å². The summed E-state index contributed by atoms with van der Waals surface area (Å²) in [7, 11) is 0. The van der Waals surface area contributed by atoms with Gasteiger partial charge in [0.1, 0.15) is 11.5 Å². The highest BCUT2D eigenvalue weighted by Gasteiger charge is 2.72. The molecule has 3 aliphatic carbocycles. The third-order valence-electron chi connectivity index (χ3n) is 8.64. The van der Waals surface area contributed by atoms with Crippen LogP contribution in [0, 0.1) is 11.8 Å². The van der Waals surface area contributed by atoms with Gasteiger partial charge in [0, 0.05) is 0 Å². The number of hydrogen-bond acceptors (Lipinski definition) is 3. The van der Waals surface area contributed by atoms with E-state index in [4.69, 9.17) is 4.74 Å². The van der Waals surface area contributed by atoms with Crippen LogP contribution in [-0.4, -0.2) is 11.8 Å². The second kappa shape index (κ2) is 8.38. The molecule has 1 aliphatic heterocycles.